The van der Waals surface area contributed by atoms with E-state index in [1.54, 1.807) is 25.1 Å². The minimum atomic E-state index is -0.947. The van der Waals surface area contributed by atoms with Gasteiger partial charge in [0, 0.05) is 10.4 Å². The number of nitrogens with one attached hydrogen (secondary N) is 1. The maximum atomic E-state index is 13.5. The number of carbonyl (C=O) groups is 1. The van der Waals surface area contributed by atoms with E-state index >= 15 is 0 Å². The molecule has 0 spiro atoms. The summed E-state index contributed by atoms with van der Waals surface area (Å²) < 4.78 is 37.6. The van der Waals surface area contributed by atoms with Crippen LogP contribution < -0.4 is 14.8 Å². The minimum Gasteiger partial charge on any atom is -0.490 e. The summed E-state index contributed by atoms with van der Waals surface area (Å²) in [6.45, 7) is 3.92. The molecule has 0 bridgehead atoms. The fourth-order valence-corrected chi connectivity index (χ4v) is 3.36. The van der Waals surface area contributed by atoms with E-state index in [0.717, 1.165) is 17.0 Å². The van der Waals surface area contributed by atoms with Crippen molar-refractivity contribution >= 4 is 22.4 Å². The Labute approximate surface area is 164 Å². The van der Waals surface area contributed by atoms with Crippen LogP contribution in [0.15, 0.2) is 42.5 Å². The molecule has 5 nitrogen and oxygen atoms in total. The van der Waals surface area contributed by atoms with Gasteiger partial charge in [-0.15, -0.1) is 11.3 Å². The Morgan fingerprint density at radius 3 is 2.50 bits per heavy atom. The molecule has 0 aliphatic heterocycles. The average Bonchev–Trinajstić information content (AvgIpc) is 3.03. The number of carbonyl (C=O) groups excluding carboxylic acids is 1. The number of para-hydroxylation sites is 2. The van der Waals surface area contributed by atoms with Crippen LogP contribution in [0.1, 0.15) is 11.8 Å². The number of hydrogen-bond acceptors (Lipinski definition) is 5. The SMILES string of the molecule is CCOc1ccccc1OCC(=O)Nc1nc(-c2ccc(F)c(F)c2)c(C)s1. The first-order valence-electron chi connectivity index (χ1n) is 8.55. The Hall–Kier alpha value is -3.00. The summed E-state index contributed by atoms with van der Waals surface area (Å²) in [6, 6.07) is 10.6. The van der Waals surface area contributed by atoms with E-state index < -0.39 is 17.5 Å². The molecular formula is C20H18F2N2O3S. The maximum Gasteiger partial charge on any atom is 0.264 e. The van der Waals surface area contributed by atoms with Crippen LogP contribution in [0.5, 0.6) is 11.5 Å². The van der Waals surface area contributed by atoms with E-state index in [9.17, 15) is 13.6 Å². The molecule has 3 aromatic rings. The lowest BCUT2D eigenvalue weighted by atomic mass is 10.1. The first-order chi connectivity index (χ1) is 13.5. The van der Waals surface area contributed by atoms with Crippen LogP contribution in [0.4, 0.5) is 13.9 Å². The molecule has 2 aromatic carbocycles. The van der Waals surface area contributed by atoms with Gasteiger partial charge in [-0.1, -0.05) is 12.1 Å². The molecule has 1 heterocycles. The molecule has 0 aliphatic carbocycles. The Kier molecular flexibility index (Phi) is 6.20. The van der Waals surface area contributed by atoms with Gasteiger partial charge in [-0.05, 0) is 44.2 Å². The molecule has 1 amide bonds. The molecule has 28 heavy (non-hydrogen) atoms. The predicted molar refractivity (Wildman–Crippen MR) is 104 cm³/mol. The van der Waals surface area contributed by atoms with Crippen LogP contribution in [0.25, 0.3) is 11.3 Å². The van der Waals surface area contributed by atoms with Gasteiger partial charge in [0.05, 0.1) is 12.3 Å². The van der Waals surface area contributed by atoms with Crippen molar-refractivity contribution in [3.8, 4) is 22.8 Å². The first kappa shape index (κ1) is 19.8. The lowest BCUT2D eigenvalue weighted by molar-refractivity contribution is -0.118. The third kappa shape index (κ3) is 4.64. The molecule has 0 atom stereocenters. The largest absolute Gasteiger partial charge is 0.490 e. The second-order valence-corrected chi connectivity index (χ2v) is 6.97. The van der Waals surface area contributed by atoms with Crippen molar-refractivity contribution in [2.75, 3.05) is 18.5 Å². The normalized spacial score (nSPS) is 10.6. The van der Waals surface area contributed by atoms with Crippen LogP contribution in [0, 0.1) is 18.6 Å². The second-order valence-electron chi connectivity index (χ2n) is 5.77. The lowest BCUT2D eigenvalue weighted by Gasteiger charge is -2.10. The summed E-state index contributed by atoms with van der Waals surface area (Å²) in [6.07, 6.45) is 0. The number of aryl methyl sites for hydroxylation is 1. The van der Waals surface area contributed by atoms with Crippen LogP contribution in [0.3, 0.4) is 0 Å². The van der Waals surface area contributed by atoms with Crippen molar-refractivity contribution < 1.29 is 23.0 Å². The number of nitrogens with zero attached hydrogens (tertiary/aromatic N) is 1. The summed E-state index contributed by atoms with van der Waals surface area (Å²) in [7, 11) is 0. The average molecular weight is 404 g/mol. The molecule has 0 saturated carbocycles. The third-order valence-electron chi connectivity index (χ3n) is 3.74. The van der Waals surface area contributed by atoms with Gasteiger partial charge in [0.15, 0.2) is 34.9 Å². The van der Waals surface area contributed by atoms with Gasteiger partial charge in [-0.3, -0.25) is 10.1 Å². The molecular weight excluding hydrogens is 386 g/mol. The second kappa shape index (κ2) is 8.79. The zero-order valence-corrected chi connectivity index (χ0v) is 16.1. The van der Waals surface area contributed by atoms with Crippen LogP contribution in [-0.4, -0.2) is 24.1 Å². The molecule has 1 aromatic heterocycles. The third-order valence-corrected chi connectivity index (χ3v) is 4.63. The Morgan fingerprint density at radius 2 is 1.82 bits per heavy atom. The Morgan fingerprint density at radius 1 is 1.11 bits per heavy atom. The maximum absolute atomic E-state index is 13.5. The van der Waals surface area contributed by atoms with Crippen molar-refractivity contribution in [1.29, 1.82) is 0 Å². The highest BCUT2D eigenvalue weighted by molar-refractivity contribution is 7.16. The number of ether oxygens (including phenoxy) is 2. The molecule has 146 valence electrons. The highest BCUT2D eigenvalue weighted by atomic mass is 32.1. The Bertz CT molecular complexity index is 991. The molecule has 0 unspecified atom stereocenters. The number of amides is 1. The van der Waals surface area contributed by atoms with Gasteiger partial charge in [-0.25, -0.2) is 13.8 Å². The quantitative estimate of drug-likeness (QED) is 0.614. The van der Waals surface area contributed by atoms with Gasteiger partial charge in [0.2, 0.25) is 0 Å². The van der Waals surface area contributed by atoms with E-state index in [-0.39, 0.29) is 6.61 Å². The van der Waals surface area contributed by atoms with Gasteiger partial charge in [0.25, 0.3) is 5.91 Å². The highest BCUT2D eigenvalue weighted by Crippen LogP contribution is 2.31. The topological polar surface area (TPSA) is 60.5 Å². The zero-order chi connectivity index (χ0) is 20.1. The van der Waals surface area contributed by atoms with Crippen molar-refractivity contribution in [3.05, 3.63) is 59.0 Å². The van der Waals surface area contributed by atoms with Crippen molar-refractivity contribution in [1.82, 2.24) is 4.98 Å². The van der Waals surface area contributed by atoms with Crippen LogP contribution in [0.2, 0.25) is 0 Å². The number of rotatable bonds is 7. The summed E-state index contributed by atoms with van der Waals surface area (Å²) in [5.41, 5.74) is 0.928. The van der Waals surface area contributed by atoms with Gasteiger partial charge < -0.3 is 9.47 Å². The molecule has 8 heteroatoms. The molecule has 0 aliphatic rings. The minimum absolute atomic E-state index is 0.219. The monoisotopic (exact) mass is 404 g/mol. The van der Waals surface area contributed by atoms with Gasteiger partial charge >= 0.3 is 0 Å². The van der Waals surface area contributed by atoms with E-state index in [4.69, 9.17) is 9.47 Å². The lowest BCUT2D eigenvalue weighted by Crippen LogP contribution is -2.20. The highest BCUT2D eigenvalue weighted by Gasteiger charge is 2.15. The smallest absolute Gasteiger partial charge is 0.264 e. The summed E-state index contributed by atoms with van der Waals surface area (Å²) in [5, 5.41) is 3.01. The van der Waals surface area contributed by atoms with Crippen LogP contribution >= 0.6 is 11.3 Å². The first-order valence-corrected chi connectivity index (χ1v) is 9.37. The summed E-state index contributed by atoms with van der Waals surface area (Å²) >= 11 is 1.24. The number of anilines is 1. The summed E-state index contributed by atoms with van der Waals surface area (Å²) in [5.74, 6) is -1.23. The van der Waals surface area contributed by atoms with Gasteiger partial charge in [0.1, 0.15) is 0 Å². The fourth-order valence-electron chi connectivity index (χ4n) is 2.50. The molecule has 0 saturated heterocycles. The van der Waals surface area contributed by atoms with Crippen LogP contribution in [-0.2, 0) is 4.79 Å². The number of benzene rings is 2. The zero-order valence-electron chi connectivity index (χ0n) is 15.3. The molecule has 0 fully saturated rings. The van der Waals surface area contributed by atoms with E-state index in [1.165, 1.54) is 17.4 Å². The number of halogens is 2. The standard InChI is InChI=1S/C20H18F2N2O3S/c1-3-26-16-6-4-5-7-17(16)27-11-18(25)23-20-24-19(12(2)28-20)13-8-9-14(21)15(22)10-13/h4-10H,3,11H2,1-2H3,(H,23,24,25). The van der Waals surface area contributed by atoms with Gasteiger partial charge in [-0.2, -0.15) is 0 Å². The van der Waals surface area contributed by atoms with E-state index in [2.05, 4.69) is 10.3 Å². The summed E-state index contributed by atoms with van der Waals surface area (Å²) in [4.78, 5) is 17.3. The fraction of sp³-hybridized carbons (Fsp3) is 0.200. The van der Waals surface area contributed by atoms with Crippen molar-refractivity contribution in [2.45, 2.75) is 13.8 Å². The number of aromatic nitrogens is 1. The number of thiazole rings is 1. The predicted octanol–water partition coefficient (Wildman–Crippen LogP) is 4.81. The Balaban J connectivity index is 1.66. The van der Waals surface area contributed by atoms with E-state index in [1.807, 2.05) is 13.0 Å². The van der Waals surface area contributed by atoms with E-state index in [0.29, 0.717) is 34.5 Å². The van der Waals surface area contributed by atoms with Crippen molar-refractivity contribution in [3.63, 3.8) is 0 Å². The number of hydrogen-bond donors (Lipinski definition) is 1. The molecule has 1 N–H and O–H groups in total. The molecule has 3 rings (SSSR count). The van der Waals surface area contributed by atoms with Crippen molar-refractivity contribution in [2.24, 2.45) is 0 Å². The molecule has 0 radical (unpaired) electrons.